The standard InChI is InChI=1S/C15H11BrN4/c16-14-3-1-2-12(6-17)15(14)19-7-11-4-5-13-8-18-10-20(13)9-11/h1-5,8-10,19H,7H2. The second kappa shape index (κ2) is 5.35. The van der Waals surface area contributed by atoms with Gasteiger partial charge in [-0.25, -0.2) is 4.98 Å². The lowest BCUT2D eigenvalue weighted by atomic mass is 10.2. The van der Waals surface area contributed by atoms with Gasteiger partial charge >= 0.3 is 0 Å². The molecule has 20 heavy (non-hydrogen) atoms. The van der Waals surface area contributed by atoms with E-state index in [4.69, 9.17) is 5.26 Å². The highest BCUT2D eigenvalue weighted by Crippen LogP contribution is 2.26. The number of pyridine rings is 1. The summed E-state index contributed by atoms with van der Waals surface area (Å²) in [5, 5.41) is 12.4. The van der Waals surface area contributed by atoms with Crippen LogP contribution in [0.15, 0.2) is 53.5 Å². The quantitative estimate of drug-likeness (QED) is 0.800. The van der Waals surface area contributed by atoms with Gasteiger partial charge in [-0.2, -0.15) is 5.26 Å². The van der Waals surface area contributed by atoms with Crippen LogP contribution in [0, 0.1) is 11.3 Å². The summed E-state index contributed by atoms with van der Waals surface area (Å²) < 4.78 is 2.86. The minimum atomic E-state index is 0.628. The highest BCUT2D eigenvalue weighted by atomic mass is 79.9. The van der Waals surface area contributed by atoms with Crippen LogP contribution in [0.5, 0.6) is 0 Å². The number of nitrogens with zero attached hydrogens (tertiary/aromatic N) is 3. The summed E-state index contributed by atoms with van der Waals surface area (Å²) in [4.78, 5) is 4.09. The molecule has 0 aliphatic heterocycles. The van der Waals surface area contributed by atoms with Crippen molar-refractivity contribution in [3.8, 4) is 6.07 Å². The van der Waals surface area contributed by atoms with Crippen molar-refractivity contribution >= 4 is 27.1 Å². The van der Waals surface area contributed by atoms with Gasteiger partial charge in [0.05, 0.1) is 29.3 Å². The summed E-state index contributed by atoms with van der Waals surface area (Å²) in [5.74, 6) is 0. The summed E-state index contributed by atoms with van der Waals surface area (Å²) >= 11 is 3.47. The first-order valence-electron chi connectivity index (χ1n) is 6.11. The van der Waals surface area contributed by atoms with Gasteiger partial charge in [0.1, 0.15) is 6.07 Å². The van der Waals surface area contributed by atoms with Crippen molar-refractivity contribution in [3.63, 3.8) is 0 Å². The fourth-order valence-corrected chi connectivity index (χ4v) is 2.56. The molecule has 2 heterocycles. The second-order valence-electron chi connectivity index (χ2n) is 4.39. The summed E-state index contributed by atoms with van der Waals surface area (Å²) in [6.45, 7) is 0.644. The number of benzene rings is 1. The normalized spacial score (nSPS) is 10.4. The fourth-order valence-electron chi connectivity index (χ4n) is 2.06. The van der Waals surface area contributed by atoms with E-state index in [2.05, 4.69) is 32.3 Å². The van der Waals surface area contributed by atoms with Gasteiger partial charge in [-0.1, -0.05) is 12.1 Å². The van der Waals surface area contributed by atoms with Gasteiger partial charge in [0.2, 0.25) is 0 Å². The number of hydrogen-bond acceptors (Lipinski definition) is 3. The van der Waals surface area contributed by atoms with Crippen molar-refractivity contribution in [3.05, 3.63) is 64.7 Å². The minimum Gasteiger partial charge on any atom is -0.379 e. The molecule has 0 aliphatic carbocycles. The number of anilines is 1. The number of imidazole rings is 1. The minimum absolute atomic E-state index is 0.628. The topological polar surface area (TPSA) is 53.1 Å². The van der Waals surface area contributed by atoms with Crippen molar-refractivity contribution < 1.29 is 0 Å². The lowest BCUT2D eigenvalue weighted by Gasteiger charge is -2.10. The molecule has 98 valence electrons. The molecule has 0 saturated heterocycles. The zero-order chi connectivity index (χ0) is 13.9. The molecule has 0 unspecified atom stereocenters. The molecule has 0 radical (unpaired) electrons. The number of para-hydroxylation sites is 1. The molecule has 0 aliphatic rings. The third-order valence-corrected chi connectivity index (χ3v) is 3.73. The van der Waals surface area contributed by atoms with E-state index in [0.717, 1.165) is 21.2 Å². The average Bonchev–Trinajstić information content (AvgIpc) is 2.93. The lowest BCUT2D eigenvalue weighted by Crippen LogP contribution is -2.03. The number of aromatic nitrogens is 2. The van der Waals surface area contributed by atoms with E-state index in [1.807, 2.05) is 41.1 Å². The van der Waals surface area contributed by atoms with Crippen LogP contribution >= 0.6 is 15.9 Å². The number of nitrogens with one attached hydrogen (secondary N) is 1. The number of rotatable bonds is 3. The summed E-state index contributed by atoms with van der Waals surface area (Å²) in [7, 11) is 0. The number of halogens is 1. The predicted molar refractivity (Wildman–Crippen MR) is 81.4 cm³/mol. The van der Waals surface area contributed by atoms with Gasteiger partial charge in [0.25, 0.3) is 0 Å². The van der Waals surface area contributed by atoms with E-state index in [0.29, 0.717) is 12.1 Å². The van der Waals surface area contributed by atoms with Crippen LogP contribution in [-0.4, -0.2) is 9.38 Å². The van der Waals surface area contributed by atoms with E-state index in [-0.39, 0.29) is 0 Å². The number of fused-ring (bicyclic) bond motifs is 1. The van der Waals surface area contributed by atoms with Crippen LogP contribution in [0.2, 0.25) is 0 Å². The second-order valence-corrected chi connectivity index (χ2v) is 5.25. The molecule has 0 fully saturated rings. The van der Waals surface area contributed by atoms with Gasteiger partial charge in [-0.3, -0.25) is 0 Å². The van der Waals surface area contributed by atoms with E-state index in [1.54, 1.807) is 12.4 Å². The number of nitriles is 1. The van der Waals surface area contributed by atoms with Crippen molar-refractivity contribution in [1.82, 2.24) is 9.38 Å². The molecular formula is C15H11BrN4. The predicted octanol–water partition coefficient (Wildman–Crippen LogP) is 3.58. The van der Waals surface area contributed by atoms with Gasteiger partial charge in [0, 0.05) is 17.2 Å². The Morgan fingerprint density at radius 2 is 2.20 bits per heavy atom. The molecular weight excluding hydrogens is 316 g/mol. The monoisotopic (exact) mass is 326 g/mol. The Balaban J connectivity index is 1.84. The maximum atomic E-state index is 9.13. The molecule has 0 spiro atoms. The summed E-state index contributed by atoms with van der Waals surface area (Å²) in [6, 6.07) is 11.8. The molecule has 2 aromatic heterocycles. The molecule has 0 atom stereocenters. The molecule has 5 heteroatoms. The van der Waals surface area contributed by atoms with E-state index >= 15 is 0 Å². The van der Waals surface area contributed by atoms with E-state index in [9.17, 15) is 0 Å². The molecule has 4 nitrogen and oxygen atoms in total. The Labute approximate surface area is 124 Å². The van der Waals surface area contributed by atoms with Crippen LogP contribution in [0.1, 0.15) is 11.1 Å². The van der Waals surface area contributed by atoms with Crippen LogP contribution in [0.3, 0.4) is 0 Å². The SMILES string of the molecule is N#Cc1cccc(Br)c1NCc1ccc2cncn2c1. The molecule has 0 bridgehead atoms. The Morgan fingerprint density at radius 1 is 1.30 bits per heavy atom. The third-order valence-electron chi connectivity index (χ3n) is 3.07. The van der Waals surface area contributed by atoms with Crippen LogP contribution in [-0.2, 0) is 6.54 Å². The van der Waals surface area contributed by atoms with E-state index in [1.165, 1.54) is 0 Å². The maximum absolute atomic E-state index is 9.13. The largest absolute Gasteiger partial charge is 0.379 e. The first kappa shape index (κ1) is 12.7. The van der Waals surface area contributed by atoms with Crippen LogP contribution < -0.4 is 5.32 Å². The molecule has 1 N–H and O–H groups in total. The highest BCUT2D eigenvalue weighted by Gasteiger charge is 2.06. The maximum Gasteiger partial charge on any atom is 0.101 e. The van der Waals surface area contributed by atoms with Crippen molar-refractivity contribution in [2.75, 3.05) is 5.32 Å². The molecule has 0 amide bonds. The molecule has 0 saturated carbocycles. The summed E-state index contributed by atoms with van der Waals surface area (Å²) in [5.41, 5.74) is 3.63. The Kier molecular flexibility index (Phi) is 3.40. The zero-order valence-electron chi connectivity index (χ0n) is 10.5. The molecule has 3 rings (SSSR count). The Morgan fingerprint density at radius 3 is 3.05 bits per heavy atom. The third kappa shape index (κ3) is 2.38. The van der Waals surface area contributed by atoms with Gasteiger partial charge in [-0.15, -0.1) is 0 Å². The Hall–Kier alpha value is -2.32. The molecule has 1 aromatic carbocycles. The average molecular weight is 327 g/mol. The van der Waals surface area contributed by atoms with Crippen molar-refractivity contribution in [2.24, 2.45) is 0 Å². The van der Waals surface area contributed by atoms with Gasteiger partial charge < -0.3 is 9.72 Å². The van der Waals surface area contributed by atoms with Crippen LogP contribution in [0.25, 0.3) is 5.52 Å². The lowest BCUT2D eigenvalue weighted by molar-refractivity contribution is 1.07. The van der Waals surface area contributed by atoms with Crippen molar-refractivity contribution in [1.29, 1.82) is 5.26 Å². The smallest absolute Gasteiger partial charge is 0.101 e. The highest BCUT2D eigenvalue weighted by molar-refractivity contribution is 9.10. The van der Waals surface area contributed by atoms with Crippen molar-refractivity contribution in [2.45, 2.75) is 6.54 Å². The number of hydrogen-bond donors (Lipinski definition) is 1. The first-order chi connectivity index (χ1) is 9.78. The van der Waals surface area contributed by atoms with Gasteiger partial charge in [0.15, 0.2) is 0 Å². The zero-order valence-corrected chi connectivity index (χ0v) is 12.1. The van der Waals surface area contributed by atoms with Gasteiger partial charge in [-0.05, 0) is 39.7 Å². The van der Waals surface area contributed by atoms with Crippen LogP contribution in [0.4, 0.5) is 5.69 Å². The molecule has 3 aromatic rings. The first-order valence-corrected chi connectivity index (χ1v) is 6.90. The fraction of sp³-hybridized carbons (Fsp3) is 0.0667. The summed E-state index contributed by atoms with van der Waals surface area (Å²) in [6.07, 6.45) is 5.62. The van der Waals surface area contributed by atoms with E-state index < -0.39 is 0 Å². The Bertz CT molecular complexity index is 801.